The molecule has 0 aromatic heterocycles. The molecule has 0 bridgehead atoms. The average Bonchev–Trinajstić information content (AvgIpc) is 0. The first kappa shape index (κ1) is 30.0. The van der Waals surface area contributed by atoms with Gasteiger partial charge in [-0.2, -0.15) is 0 Å². The van der Waals surface area contributed by atoms with E-state index in [4.69, 9.17) is 0 Å². The van der Waals surface area contributed by atoms with Crippen LogP contribution in [0.1, 0.15) is 0 Å². The van der Waals surface area contributed by atoms with E-state index in [0.717, 1.165) is 0 Å². The summed E-state index contributed by atoms with van der Waals surface area (Å²) in [6.07, 6.45) is 0. The fourth-order valence-corrected chi connectivity index (χ4v) is 0. The molecular formula is H7AgBiCuGe. The van der Waals surface area contributed by atoms with Crippen LogP contribution >= 0.6 is 0 Å². The van der Waals surface area contributed by atoms with E-state index >= 15 is 0 Å². The van der Waals surface area contributed by atoms with Crippen molar-refractivity contribution >= 4 is 43.8 Å². The number of hydrogen-bond acceptors (Lipinski definition) is 0. The standard InChI is InChI=1S/Ag.Bi.Cu.GeH4.3H/h;;;1H4;;;. The molecule has 0 N–H and O–H groups in total. The first-order valence-corrected chi connectivity index (χ1v) is 0. The maximum atomic E-state index is 0. The Morgan fingerprint density at radius 2 is 1.00 bits per heavy atom. The van der Waals surface area contributed by atoms with Gasteiger partial charge in [0.05, 0.1) is 0 Å². The van der Waals surface area contributed by atoms with Gasteiger partial charge in [-0.3, -0.25) is 0 Å². The molecule has 0 rings (SSSR count). The summed E-state index contributed by atoms with van der Waals surface area (Å²) in [5.41, 5.74) is 0. The fraction of sp³-hybridized carbons (Fsp3) is 0. The van der Waals surface area contributed by atoms with Crippen LogP contribution in [0.4, 0.5) is 0 Å². The predicted molar refractivity (Wildman–Crippen MR) is 21.3 cm³/mol. The Morgan fingerprint density at radius 1 is 1.00 bits per heavy atom. The van der Waals surface area contributed by atoms with Crippen LogP contribution in [0.25, 0.3) is 0 Å². The van der Waals surface area contributed by atoms with Gasteiger partial charge in [0.25, 0.3) is 0 Å². The summed E-state index contributed by atoms with van der Waals surface area (Å²) in [6, 6.07) is 0. The van der Waals surface area contributed by atoms with E-state index < -0.39 is 0 Å². The number of hydrogen-bond donors (Lipinski definition) is 0. The van der Waals surface area contributed by atoms with Gasteiger partial charge < -0.3 is 0 Å². The molecule has 0 aromatic carbocycles. The van der Waals surface area contributed by atoms with Crippen LogP contribution < -0.4 is 0 Å². The molecule has 0 heterocycles. The van der Waals surface area contributed by atoms with Gasteiger partial charge in [0, 0.05) is 39.4 Å². The Kier molecular flexibility index (Phi) is 130. The third kappa shape index (κ3) is 8.82. The van der Waals surface area contributed by atoms with Gasteiger partial charge >= 0.3 is 43.8 Å². The van der Waals surface area contributed by atoms with E-state index in [1.165, 1.54) is 0 Å². The van der Waals surface area contributed by atoms with Gasteiger partial charge in [-0.05, 0) is 0 Å². The zero-order valence-corrected chi connectivity index (χ0v) is 9.23. The zero-order valence-electron chi connectivity index (χ0n) is 1.31. The maximum absolute atomic E-state index is 0. The minimum atomic E-state index is 0. The second kappa shape index (κ2) is 17.3. The van der Waals surface area contributed by atoms with E-state index in [1.54, 1.807) is 0 Å². The average molecular weight is 460 g/mol. The topological polar surface area (TPSA) is 0 Å². The van der Waals surface area contributed by atoms with Crippen LogP contribution in [-0.4, -0.2) is 43.8 Å². The van der Waals surface area contributed by atoms with Crippen LogP contribution in [-0.2, 0) is 39.4 Å². The summed E-state index contributed by atoms with van der Waals surface area (Å²) in [6.45, 7) is 0. The van der Waals surface area contributed by atoms with Crippen LogP contribution in [0.15, 0.2) is 0 Å². The molecule has 0 aliphatic heterocycles. The van der Waals surface area contributed by atoms with Gasteiger partial charge in [-0.1, -0.05) is 0 Å². The molecule has 2 radical (unpaired) electrons. The molecule has 0 unspecified atom stereocenters. The second-order valence-electron chi connectivity index (χ2n) is 0. The second-order valence-corrected chi connectivity index (χ2v) is 0. The van der Waals surface area contributed by atoms with E-state index in [-0.39, 0.29) is 83.2 Å². The molecule has 0 saturated heterocycles. The van der Waals surface area contributed by atoms with E-state index in [9.17, 15) is 0 Å². The van der Waals surface area contributed by atoms with Crippen molar-refractivity contribution < 1.29 is 39.4 Å². The van der Waals surface area contributed by atoms with Crippen molar-refractivity contribution in [2.75, 3.05) is 0 Å². The number of rotatable bonds is 0. The van der Waals surface area contributed by atoms with E-state index in [0.29, 0.717) is 0 Å². The van der Waals surface area contributed by atoms with Crippen molar-refractivity contribution in [1.82, 2.24) is 0 Å². The molecule has 0 aliphatic carbocycles. The Labute approximate surface area is 81.9 Å². The monoisotopic (exact) mass is 460 g/mol. The van der Waals surface area contributed by atoms with Crippen molar-refractivity contribution in [2.24, 2.45) is 0 Å². The van der Waals surface area contributed by atoms with Gasteiger partial charge in [-0.25, -0.2) is 0 Å². The van der Waals surface area contributed by atoms with Crippen molar-refractivity contribution in [2.45, 2.75) is 0 Å². The van der Waals surface area contributed by atoms with Crippen molar-refractivity contribution in [1.29, 1.82) is 0 Å². The Hall–Kier alpha value is 2.69. The molecular weight excluding hydrogens is 453 g/mol. The van der Waals surface area contributed by atoms with Gasteiger partial charge in [0.15, 0.2) is 0 Å². The normalized spacial score (nSPS) is 0. The van der Waals surface area contributed by atoms with E-state index in [1.807, 2.05) is 0 Å². The summed E-state index contributed by atoms with van der Waals surface area (Å²) >= 11 is 0. The molecule has 0 aliphatic rings. The fourth-order valence-electron chi connectivity index (χ4n) is 0. The van der Waals surface area contributed by atoms with Crippen molar-refractivity contribution in [3.63, 3.8) is 0 Å². The van der Waals surface area contributed by atoms with Crippen LogP contribution in [0.3, 0.4) is 0 Å². The zero-order chi connectivity index (χ0) is 0. The molecule has 0 aromatic rings. The van der Waals surface area contributed by atoms with Gasteiger partial charge in [0.2, 0.25) is 0 Å². The summed E-state index contributed by atoms with van der Waals surface area (Å²) in [7, 11) is 0. The van der Waals surface area contributed by atoms with Crippen LogP contribution in [0.5, 0.6) is 0 Å². The summed E-state index contributed by atoms with van der Waals surface area (Å²) in [4.78, 5) is 0. The van der Waals surface area contributed by atoms with E-state index in [2.05, 4.69) is 0 Å². The van der Waals surface area contributed by atoms with Gasteiger partial charge in [0.1, 0.15) is 0 Å². The third-order valence-electron chi connectivity index (χ3n) is 0. The molecule has 38 valence electrons. The molecule has 4 heteroatoms. The molecule has 0 fully saturated rings. The first-order valence-electron chi connectivity index (χ1n) is 0. The summed E-state index contributed by atoms with van der Waals surface area (Å²) < 4.78 is 0. The molecule has 0 saturated carbocycles. The predicted octanol–water partition coefficient (Wildman–Crippen LogP) is -2.64. The molecule has 0 amide bonds. The van der Waals surface area contributed by atoms with Gasteiger partial charge in [-0.15, -0.1) is 0 Å². The molecule has 0 nitrogen and oxygen atoms in total. The molecule has 0 atom stereocenters. The van der Waals surface area contributed by atoms with Crippen LogP contribution in [0, 0.1) is 0 Å². The summed E-state index contributed by atoms with van der Waals surface area (Å²) in [5.74, 6) is 0. The van der Waals surface area contributed by atoms with Crippen LogP contribution in [0.2, 0.25) is 0 Å². The molecule has 4 heavy (non-hydrogen) atoms. The minimum absolute atomic E-state index is 0. The third-order valence-corrected chi connectivity index (χ3v) is 0. The molecule has 0 spiro atoms. The Morgan fingerprint density at radius 3 is 1.00 bits per heavy atom. The van der Waals surface area contributed by atoms with Crippen molar-refractivity contribution in [3.8, 4) is 0 Å². The Balaban J connectivity index is 0. The first-order chi connectivity index (χ1) is 0. The summed E-state index contributed by atoms with van der Waals surface area (Å²) in [5, 5.41) is 0. The Bertz CT molecular complexity index is 8.00. The quantitative estimate of drug-likeness (QED) is 0.347. The van der Waals surface area contributed by atoms with Crippen molar-refractivity contribution in [3.05, 3.63) is 0 Å². The SMILES string of the molecule is [Ag].[BiH3].[Cu].[GeH4].